The summed E-state index contributed by atoms with van der Waals surface area (Å²) >= 11 is 1.29. The Morgan fingerprint density at radius 2 is 2.09 bits per heavy atom. The highest BCUT2D eigenvalue weighted by atomic mass is 32.2. The molecule has 0 aliphatic rings. The third-order valence-electron chi connectivity index (χ3n) is 3.16. The van der Waals surface area contributed by atoms with Crippen LogP contribution in [0.25, 0.3) is 0 Å². The fourth-order valence-corrected chi connectivity index (χ4v) is 4.02. The average Bonchev–Trinajstić information content (AvgIpc) is 2.87. The van der Waals surface area contributed by atoms with Crippen molar-refractivity contribution in [1.29, 1.82) is 0 Å². The van der Waals surface area contributed by atoms with E-state index in [-0.39, 0.29) is 4.90 Å². The van der Waals surface area contributed by atoms with Crippen molar-refractivity contribution in [2.45, 2.75) is 24.4 Å². The lowest BCUT2D eigenvalue weighted by Gasteiger charge is -2.14. The Bertz CT molecular complexity index is 780. The van der Waals surface area contributed by atoms with Crippen LogP contribution in [-0.4, -0.2) is 25.7 Å². The second-order valence-electron chi connectivity index (χ2n) is 5.09. The van der Waals surface area contributed by atoms with Crippen molar-refractivity contribution in [3.05, 3.63) is 51.7 Å². The number of thiophene rings is 1. The highest BCUT2D eigenvalue weighted by Gasteiger charge is 2.20. The Hall–Kier alpha value is -1.70. The van der Waals surface area contributed by atoms with E-state index >= 15 is 0 Å². The van der Waals surface area contributed by atoms with Crippen LogP contribution >= 0.6 is 11.3 Å². The Morgan fingerprint density at radius 1 is 1.36 bits per heavy atom. The van der Waals surface area contributed by atoms with Gasteiger partial charge in [0.1, 0.15) is 6.04 Å². The van der Waals surface area contributed by atoms with Gasteiger partial charge in [-0.15, -0.1) is 11.3 Å². The van der Waals surface area contributed by atoms with Gasteiger partial charge in [-0.1, -0.05) is 29.8 Å². The van der Waals surface area contributed by atoms with Crippen molar-refractivity contribution in [1.82, 2.24) is 5.32 Å². The maximum absolute atomic E-state index is 11.4. The van der Waals surface area contributed by atoms with Gasteiger partial charge in [0.15, 0.2) is 9.84 Å². The van der Waals surface area contributed by atoms with Crippen LogP contribution in [0.1, 0.15) is 22.0 Å². The molecule has 0 saturated carbocycles. The lowest BCUT2D eigenvalue weighted by atomic mass is 10.0. The third kappa shape index (κ3) is 4.16. The number of nitrogens with one attached hydrogen (secondary N) is 1. The van der Waals surface area contributed by atoms with Gasteiger partial charge in [0.25, 0.3) is 0 Å². The number of carbonyl (C=O) groups is 1. The van der Waals surface area contributed by atoms with Gasteiger partial charge in [-0.3, -0.25) is 10.1 Å². The molecular weight excluding hydrogens is 322 g/mol. The Kier molecular flexibility index (Phi) is 5.00. The molecule has 1 heterocycles. The van der Waals surface area contributed by atoms with Gasteiger partial charge in [-0.2, -0.15) is 0 Å². The van der Waals surface area contributed by atoms with E-state index in [2.05, 4.69) is 5.32 Å². The second kappa shape index (κ2) is 6.60. The minimum absolute atomic E-state index is 0.261. The number of hydrogen-bond acceptors (Lipinski definition) is 5. The van der Waals surface area contributed by atoms with Crippen LogP contribution in [0.15, 0.2) is 40.6 Å². The molecule has 1 unspecified atom stereocenters. The third-order valence-corrected chi connectivity index (χ3v) is 5.34. The summed E-state index contributed by atoms with van der Waals surface area (Å²) < 4.78 is 22.9. The molecule has 0 radical (unpaired) electrons. The smallest absolute Gasteiger partial charge is 0.325 e. The van der Waals surface area contributed by atoms with Crippen molar-refractivity contribution in [2.24, 2.45) is 0 Å². The van der Waals surface area contributed by atoms with Crippen LogP contribution in [0.4, 0.5) is 0 Å². The number of benzene rings is 1. The first-order valence-electron chi connectivity index (χ1n) is 6.57. The van der Waals surface area contributed by atoms with Gasteiger partial charge >= 0.3 is 5.97 Å². The molecule has 1 aromatic carbocycles. The number of sulfone groups is 1. The van der Waals surface area contributed by atoms with Crippen LogP contribution in [0.3, 0.4) is 0 Å². The number of carboxylic acid groups (broad SMARTS) is 1. The predicted molar refractivity (Wildman–Crippen MR) is 85.8 cm³/mol. The summed E-state index contributed by atoms with van der Waals surface area (Å²) in [7, 11) is -3.23. The minimum Gasteiger partial charge on any atom is -0.480 e. The van der Waals surface area contributed by atoms with Crippen molar-refractivity contribution >= 4 is 27.1 Å². The lowest BCUT2D eigenvalue weighted by molar-refractivity contribution is -0.139. The highest BCUT2D eigenvalue weighted by Crippen LogP contribution is 2.21. The lowest BCUT2D eigenvalue weighted by Crippen LogP contribution is -2.27. The monoisotopic (exact) mass is 339 g/mol. The average molecular weight is 339 g/mol. The standard InChI is InChI=1S/C15H17NO4S2/c1-10-4-3-5-11(6-10)14(15(17)18)16-8-12-7-13(9-21-12)22(2,19)20/h3-7,9,14,16H,8H2,1-2H3,(H,17,18). The van der Waals surface area contributed by atoms with E-state index in [4.69, 9.17) is 0 Å². The molecule has 0 aliphatic carbocycles. The van der Waals surface area contributed by atoms with E-state index in [1.165, 1.54) is 11.3 Å². The van der Waals surface area contributed by atoms with Crippen molar-refractivity contribution in [3.63, 3.8) is 0 Å². The molecule has 1 atom stereocenters. The minimum atomic E-state index is -3.23. The van der Waals surface area contributed by atoms with E-state index in [0.29, 0.717) is 12.1 Å². The normalized spacial score (nSPS) is 13.0. The summed E-state index contributed by atoms with van der Waals surface area (Å²) in [5.41, 5.74) is 1.66. The second-order valence-corrected chi connectivity index (χ2v) is 8.10. The maximum Gasteiger partial charge on any atom is 0.325 e. The topological polar surface area (TPSA) is 83.5 Å². The van der Waals surface area contributed by atoms with Crippen LogP contribution in [0.2, 0.25) is 0 Å². The molecule has 22 heavy (non-hydrogen) atoms. The molecule has 5 nitrogen and oxygen atoms in total. The Morgan fingerprint density at radius 3 is 2.64 bits per heavy atom. The molecule has 1 aromatic heterocycles. The van der Waals surface area contributed by atoms with Crippen molar-refractivity contribution in [3.8, 4) is 0 Å². The highest BCUT2D eigenvalue weighted by molar-refractivity contribution is 7.90. The molecule has 0 aliphatic heterocycles. The molecule has 0 fully saturated rings. The number of aryl methyl sites for hydroxylation is 1. The van der Waals surface area contributed by atoms with E-state index in [1.54, 1.807) is 17.5 Å². The Labute approximate surface area is 133 Å². The molecule has 2 N–H and O–H groups in total. The van der Waals surface area contributed by atoms with Crippen LogP contribution in [0.5, 0.6) is 0 Å². The fraction of sp³-hybridized carbons (Fsp3) is 0.267. The van der Waals surface area contributed by atoms with Crippen LogP contribution in [-0.2, 0) is 21.2 Å². The Balaban J connectivity index is 2.13. The molecule has 0 bridgehead atoms. The molecule has 0 saturated heterocycles. The van der Waals surface area contributed by atoms with Gasteiger partial charge in [0.2, 0.25) is 0 Å². The summed E-state index contributed by atoms with van der Waals surface area (Å²) in [6.07, 6.45) is 1.15. The molecule has 2 aromatic rings. The first kappa shape index (κ1) is 16.7. The summed E-state index contributed by atoms with van der Waals surface area (Å²) in [4.78, 5) is 12.5. The van der Waals surface area contributed by atoms with Gasteiger partial charge in [0.05, 0.1) is 4.90 Å². The van der Waals surface area contributed by atoms with Crippen molar-refractivity contribution < 1.29 is 18.3 Å². The summed E-state index contributed by atoms with van der Waals surface area (Å²) in [6, 6.07) is 8.04. The summed E-state index contributed by atoms with van der Waals surface area (Å²) in [5.74, 6) is -0.967. The molecular formula is C15H17NO4S2. The zero-order valence-electron chi connectivity index (χ0n) is 12.2. The van der Waals surface area contributed by atoms with Gasteiger partial charge in [-0.25, -0.2) is 8.42 Å². The van der Waals surface area contributed by atoms with E-state index in [0.717, 1.165) is 16.7 Å². The fourth-order valence-electron chi connectivity index (χ4n) is 2.05. The predicted octanol–water partition coefficient (Wildman–Crippen LogP) is 2.38. The molecule has 7 heteroatoms. The molecule has 0 spiro atoms. The van der Waals surface area contributed by atoms with E-state index in [1.807, 2.05) is 25.1 Å². The zero-order chi connectivity index (χ0) is 16.3. The van der Waals surface area contributed by atoms with Gasteiger partial charge in [-0.05, 0) is 18.6 Å². The van der Waals surface area contributed by atoms with Gasteiger partial charge < -0.3 is 5.11 Å². The maximum atomic E-state index is 11.4. The number of carboxylic acids is 1. The van der Waals surface area contributed by atoms with Crippen LogP contribution < -0.4 is 5.32 Å². The van der Waals surface area contributed by atoms with E-state index in [9.17, 15) is 18.3 Å². The largest absolute Gasteiger partial charge is 0.480 e. The molecule has 118 valence electrons. The zero-order valence-corrected chi connectivity index (χ0v) is 13.9. The van der Waals surface area contributed by atoms with Crippen LogP contribution in [0, 0.1) is 6.92 Å². The summed E-state index contributed by atoms with van der Waals surface area (Å²) in [5, 5.41) is 13.9. The quantitative estimate of drug-likeness (QED) is 0.844. The first-order valence-corrected chi connectivity index (χ1v) is 9.34. The van der Waals surface area contributed by atoms with E-state index < -0.39 is 21.8 Å². The SMILES string of the molecule is Cc1cccc(C(NCc2cc(S(C)(=O)=O)cs2)C(=O)O)c1. The number of rotatable bonds is 6. The van der Waals surface area contributed by atoms with Gasteiger partial charge in [0, 0.05) is 23.1 Å². The number of aliphatic carboxylic acids is 1. The molecule has 2 rings (SSSR count). The first-order chi connectivity index (χ1) is 10.3. The number of hydrogen-bond donors (Lipinski definition) is 2. The summed E-state index contributed by atoms with van der Waals surface area (Å²) in [6.45, 7) is 2.20. The van der Waals surface area contributed by atoms with Crippen molar-refractivity contribution in [2.75, 3.05) is 6.26 Å². The molecule has 0 amide bonds.